The second-order valence-corrected chi connectivity index (χ2v) is 20.9. The summed E-state index contributed by atoms with van der Waals surface area (Å²) in [4.78, 5) is 38.4. The summed E-state index contributed by atoms with van der Waals surface area (Å²) in [5.74, 6) is -0.965. The lowest BCUT2D eigenvalue weighted by Crippen LogP contribution is -2.30. The zero-order valence-electron chi connectivity index (χ0n) is 51.1. The van der Waals surface area contributed by atoms with Crippen LogP contribution in [0.25, 0.3) is 0 Å². The summed E-state index contributed by atoms with van der Waals surface area (Å²) >= 11 is 0. The molecular weight excluding hydrogens is 973 g/mol. The van der Waals surface area contributed by atoms with Crippen molar-refractivity contribution in [1.29, 1.82) is 0 Å². The fourth-order valence-corrected chi connectivity index (χ4v) is 8.53. The highest BCUT2D eigenvalue weighted by atomic mass is 16.6. The molecule has 0 aliphatic heterocycles. The number of allylic oxidation sites excluding steroid dienone is 24. The van der Waals surface area contributed by atoms with Crippen molar-refractivity contribution < 1.29 is 28.6 Å². The Balaban J connectivity index is 4.52. The minimum atomic E-state index is -0.816. The summed E-state index contributed by atoms with van der Waals surface area (Å²) in [6, 6.07) is 0. The fraction of sp³-hybridized carbons (Fsp3) is 0.630. The number of esters is 3. The van der Waals surface area contributed by atoms with Gasteiger partial charge in [0.25, 0.3) is 0 Å². The lowest BCUT2D eigenvalue weighted by Gasteiger charge is -2.18. The van der Waals surface area contributed by atoms with E-state index in [1.54, 1.807) is 0 Å². The molecule has 0 aromatic rings. The normalized spacial score (nSPS) is 13.1. The molecule has 0 rings (SSSR count). The van der Waals surface area contributed by atoms with E-state index in [0.29, 0.717) is 19.3 Å². The van der Waals surface area contributed by atoms with Gasteiger partial charge in [0, 0.05) is 19.3 Å². The van der Waals surface area contributed by atoms with Gasteiger partial charge in [0.2, 0.25) is 0 Å². The van der Waals surface area contributed by atoms with Crippen LogP contribution >= 0.6 is 0 Å². The van der Waals surface area contributed by atoms with Gasteiger partial charge in [-0.3, -0.25) is 14.4 Å². The molecule has 1 unspecified atom stereocenters. The van der Waals surface area contributed by atoms with E-state index in [1.807, 2.05) is 0 Å². The van der Waals surface area contributed by atoms with E-state index in [0.717, 1.165) is 141 Å². The maximum absolute atomic E-state index is 12.9. The number of hydrogen-bond donors (Lipinski definition) is 0. The quantitative estimate of drug-likeness (QED) is 0.0261. The highest BCUT2D eigenvalue weighted by Crippen LogP contribution is 2.15. The first kappa shape index (κ1) is 74.3. The van der Waals surface area contributed by atoms with E-state index in [1.165, 1.54) is 89.9 Å². The first-order valence-electron chi connectivity index (χ1n) is 32.3. The SMILES string of the molecule is CC/C=C\C/C=C\C/C=C\C/C=C\C/C=C\C/C=C\CCCCCCC(=O)OCC(COC(=O)CCCCCCCCCCC/C=C\CCCCCCCC)OC(=O)CCCCC/C=C\C/C=C\C/C=C\C/C=C\C/C=C\CC. The summed E-state index contributed by atoms with van der Waals surface area (Å²) in [5.41, 5.74) is 0. The molecular formula is C73H118O6. The van der Waals surface area contributed by atoms with Crippen LogP contribution in [0.2, 0.25) is 0 Å². The standard InChI is InChI=1S/C73H118O6/c1-4-7-10-13-16-19-22-25-28-31-34-35-36-37-40-42-45-48-51-54-57-60-63-66-72(75)78-69-70(79-73(76)67-64-61-58-55-52-49-46-43-39-33-30-27-24-21-18-15-12-9-6-3)68-77-71(74)65-62-59-56-53-50-47-44-41-38-32-29-26-23-20-17-14-11-8-5-2/h7,9-10,12,16,18-19,21,25-30,34-35,37,39-40,43,45,48-49,52,70H,4-6,8,11,13-15,17,20,22-24,31-33,36,38,41-42,44,46-47,50-51,53-69H2,1-3H3/b10-7-,12-9-,19-16-,21-18-,28-25-,29-26-,30-27-,35-34-,40-37-,43-39-,48-45-,52-49-. The molecule has 1 atom stereocenters. The molecule has 0 heterocycles. The second kappa shape index (κ2) is 65.8. The van der Waals surface area contributed by atoms with Crippen LogP contribution in [0, 0.1) is 0 Å². The molecule has 0 saturated carbocycles. The molecule has 79 heavy (non-hydrogen) atoms. The third-order valence-electron chi connectivity index (χ3n) is 13.3. The first-order chi connectivity index (χ1) is 39.0. The van der Waals surface area contributed by atoms with Crippen molar-refractivity contribution in [2.24, 2.45) is 0 Å². The lowest BCUT2D eigenvalue weighted by molar-refractivity contribution is -0.167. The Kier molecular flexibility index (Phi) is 61.9. The van der Waals surface area contributed by atoms with Crippen LogP contribution in [0.5, 0.6) is 0 Å². The summed E-state index contributed by atoms with van der Waals surface area (Å²) in [5, 5.41) is 0. The van der Waals surface area contributed by atoms with Gasteiger partial charge < -0.3 is 14.2 Å². The molecule has 0 aliphatic carbocycles. The third kappa shape index (κ3) is 64.0. The predicted molar refractivity (Wildman–Crippen MR) is 343 cm³/mol. The van der Waals surface area contributed by atoms with Crippen LogP contribution in [0.3, 0.4) is 0 Å². The zero-order chi connectivity index (χ0) is 57.1. The van der Waals surface area contributed by atoms with Crippen LogP contribution in [-0.4, -0.2) is 37.2 Å². The number of hydrogen-bond acceptors (Lipinski definition) is 6. The van der Waals surface area contributed by atoms with Gasteiger partial charge in [-0.25, -0.2) is 0 Å². The van der Waals surface area contributed by atoms with Gasteiger partial charge in [0.1, 0.15) is 13.2 Å². The molecule has 0 fully saturated rings. The minimum Gasteiger partial charge on any atom is -0.462 e. The van der Waals surface area contributed by atoms with Gasteiger partial charge in [0.15, 0.2) is 6.10 Å². The molecule has 0 N–H and O–H groups in total. The highest BCUT2D eigenvalue weighted by molar-refractivity contribution is 5.71. The molecule has 0 bridgehead atoms. The van der Waals surface area contributed by atoms with Gasteiger partial charge in [-0.15, -0.1) is 0 Å². The Morgan fingerprint density at radius 1 is 0.266 bits per heavy atom. The van der Waals surface area contributed by atoms with Gasteiger partial charge in [-0.1, -0.05) is 263 Å². The molecule has 0 spiro atoms. The monoisotopic (exact) mass is 1090 g/mol. The van der Waals surface area contributed by atoms with E-state index in [-0.39, 0.29) is 37.5 Å². The Morgan fingerprint density at radius 3 is 0.797 bits per heavy atom. The lowest BCUT2D eigenvalue weighted by atomic mass is 10.1. The van der Waals surface area contributed by atoms with E-state index >= 15 is 0 Å². The third-order valence-corrected chi connectivity index (χ3v) is 13.3. The van der Waals surface area contributed by atoms with Crippen molar-refractivity contribution >= 4 is 17.9 Å². The second-order valence-electron chi connectivity index (χ2n) is 20.9. The maximum Gasteiger partial charge on any atom is 0.306 e. The number of rotatable bonds is 57. The van der Waals surface area contributed by atoms with Crippen molar-refractivity contribution in [3.05, 3.63) is 146 Å². The molecule has 0 aromatic heterocycles. The van der Waals surface area contributed by atoms with Gasteiger partial charge in [0.05, 0.1) is 0 Å². The largest absolute Gasteiger partial charge is 0.462 e. The minimum absolute atomic E-state index is 0.106. The van der Waals surface area contributed by atoms with Crippen molar-refractivity contribution in [3.8, 4) is 0 Å². The van der Waals surface area contributed by atoms with Crippen molar-refractivity contribution in [1.82, 2.24) is 0 Å². The molecule has 6 heteroatoms. The van der Waals surface area contributed by atoms with E-state index in [9.17, 15) is 14.4 Å². The van der Waals surface area contributed by atoms with Crippen LogP contribution in [0.1, 0.15) is 278 Å². The molecule has 0 saturated heterocycles. The van der Waals surface area contributed by atoms with Crippen molar-refractivity contribution in [3.63, 3.8) is 0 Å². The Morgan fingerprint density at radius 2 is 0.494 bits per heavy atom. The van der Waals surface area contributed by atoms with Crippen LogP contribution in [0.15, 0.2) is 146 Å². The summed E-state index contributed by atoms with van der Waals surface area (Å²) in [6.07, 6.45) is 94.2. The van der Waals surface area contributed by atoms with Gasteiger partial charge in [-0.05, 0) is 141 Å². The molecule has 446 valence electrons. The van der Waals surface area contributed by atoms with Crippen LogP contribution in [0.4, 0.5) is 0 Å². The van der Waals surface area contributed by atoms with Crippen molar-refractivity contribution in [2.45, 2.75) is 284 Å². The molecule has 0 amide bonds. The fourth-order valence-electron chi connectivity index (χ4n) is 8.53. The summed E-state index contributed by atoms with van der Waals surface area (Å²) < 4.78 is 16.9. The predicted octanol–water partition coefficient (Wildman–Crippen LogP) is 22.3. The Labute approximate surface area is 487 Å². The molecule has 0 radical (unpaired) electrons. The van der Waals surface area contributed by atoms with E-state index < -0.39 is 6.10 Å². The maximum atomic E-state index is 12.9. The zero-order valence-corrected chi connectivity index (χ0v) is 51.1. The number of carbonyl (C=O) groups is 3. The Bertz CT molecular complexity index is 1730. The number of ether oxygens (including phenoxy) is 3. The van der Waals surface area contributed by atoms with Gasteiger partial charge >= 0.3 is 17.9 Å². The topological polar surface area (TPSA) is 78.9 Å². The summed E-state index contributed by atoms with van der Waals surface area (Å²) in [7, 11) is 0. The first-order valence-corrected chi connectivity index (χ1v) is 32.3. The molecule has 0 aliphatic rings. The Hall–Kier alpha value is -4.71. The average Bonchev–Trinajstić information content (AvgIpc) is 3.45. The number of unbranched alkanes of at least 4 members (excludes halogenated alkanes) is 22. The van der Waals surface area contributed by atoms with E-state index in [4.69, 9.17) is 14.2 Å². The average molecular weight is 1090 g/mol. The molecule has 6 nitrogen and oxygen atoms in total. The smallest absolute Gasteiger partial charge is 0.306 e. The van der Waals surface area contributed by atoms with Gasteiger partial charge in [-0.2, -0.15) is 0 Å². The van der Waals surface area contributed by atoms with E-state index in [2.05, 4.69) is 167 Å². The van der Waals surface area contributed by atoms with Crippen LogP contribution < -0.4 is 0 Å². The highest BCUT2D eigenvalue weighted by Gasteiger charge is 2.19. The number of carbonyl (C=O) groups excluding carboxylic acids is 3. The molecule has 0 aromatic carbocycles. The summed E-state index contributed by atoms with van der Waals surface area (Å²) in [6.45, 7) is 6.37. The van der Waals surface area contributed by atoms with Crippen LogP contribution in [-0.2, 0) is 28.6 Å². The van der Waals surface area contributed by atoms with Crippen molar-refractivity contribution in [2.75, 3.05) is 13.2 Å².